The van der Waals surface area contributed by atoms with Gasteiger partial charge in [-0.3, -0.25) is 4.79 Å². The molecular weight excluding hydrogens is 332 g/mol. The second-order valence-electron chi connectivity index (χ2n) is 7.78. The minimum Gasteiger partial charge on any atom is -0.481 e. The van der Waals surface area contributed by atoms with Gasteiger partial charge >= 0.3 is 5.97 Å². The normalized spacial score (nSPS) is 28.8. The maximum Gasteiger partial charge on any atom is 0.303 e. The third-order valence-electron chi connectivity index (χ3n) is 5.22. The maximum absolute atomic E-state index is 10.5. The Balaban J connectivity index is 2.56. The van der Waals surface area contributed by atoms with Crippen LogP contribution in [0.3, 0.4) is 0 Å². The second kappa shape index (κ2) is 11.5. The average Bonchev–Trinajstić information content (AvgIpc) is 2.82. The lowest BCUT2D eigenvalue weighted by molar-refractivity contribution is -0.137. The van der Waals surface area contributed by atoms with Crippen molar-refractivity contribution in [3.8, 4) is 0 Å². The standard InChI is InChI=1S/C21H36O5/c1-3-4-9-13-21(2,26)14-12-17-16(18(22)15-19(17)23)10-7-5-6-8-11-20(24)25/h5,7,12,14,16-19,22-23,26H,3-4,6,8-11,13,15H2,1-2H3,(H,24,25)/t16?,17?,18?,19?,21-/m0/s1. The van der Waals surface area contributed by atoms with E-state index in [1.807, 2.05) is 18.2 Å². The number of carboxylic acid groups (broad SMARTS) is 1. The van der Waals surface area contributed by atoms with Crippen LogP contribution < -0.4 is 0 Å². The summed E-state index contributed by atoms with van der Waals surface area (Å²) in [6, 6.07) is 0. The number of carbonyl (C=O) groups is 1. The van der Waals surface area contributed by atoms with Crippen LogP contribution in [0.4, 0.5) is 0 Å². The van der Waals surface area contributed by atoms with Crippen LogP contribution >= 0.6 is 0 Å². The van der Waals surface area contributed by atoms with Crippen LogP contribution in [0.2, 0.25) is 0 Å². The van der Waals surface area contributed by atoms with Gasteiger partial charge in [0.15, 0.2) is 0 Å². The highest BCUT2D eigenvalue weighted by molar-refractivity contribution is 5.66. The monoisotopic (exact) mass is 368 g/mol. The molecule has 0 aliphatic heterocycles. The van der Waals surface area contributed by atoms with Crippen molar-refractivity contribution in [2.45, 2.75) is 89.4 Å². The number of rotatable bonds is 12. The van der Waals surface area contributed by atoms with E-state index < -0.39 is 23.8 Å². The summed E-state index contributed by atoms with van der Waals surface area (Å²) in [6.45, 7) is 3.91. The average molecular weight is 369 g/mol. The molecule has 4 N–H and O–H groups in total. The predicted octanol–water partition coefficient (Wildman–Crippen LogP) is 3.43. The molecular formula is C21H36O5. The molecule has 0 radical (unpaired) electrons. The fourth-order valence-corrected chi connectivity index (χ4v) is 3.58. The topological polar surface area (TPSA) is 98.0 Å². The number of hydrogen-bond donors (Lipinski definition) is 4. The summed E-state index contributed by atoms with van der Waals surface area (Å²) in [5.74, 6) is -1.04. The molecule has 0 bridgehead atoms. The maximum atomic E-state index is 10.5. The van der Waals surface area contributed by atoms with Crippen molar-refractivity contribution >= 4 is 5.97 Å². The molecule has 0 amide bonds. The first-order valence-corrected chi connectivity index (χ1v) is 9.91. The Morgan fingerprint density at radius 2 is 1.88 bits per heavy atom. The van der Waals surface area contributed by atoms with Crippen LogP contribution in [0.1, 0.15) is 71.6 Å². The van der Waals surface area contributed by atoms with Crippen molar-refractivity contribution in [1.82, 2.24) is 0 Å². The summed E-state index contributed by atoms with van der Waals surface area (Å²) < 4.78 is 0. The summed E-state index contributed by atoms with van der Waals surface area (Å²) >= 11 is 0. The van der Waals surface area contributed by atoms with E-state index in [4.69, 9.17) is 5.11 Å². The van der Waals surface area contributed by atoms with Gasteiger partial charge in [-0.1, -0.05) is 50.5 Å². The van der Waals surface area contributed by atoms with Gasteiger partial charge in [-0.25, -0.2) is 0 Å². The van der Waals surface area contributed by atoms with E-state index >= 15 is 0 Å². The summed E-state index contributed by atoms with van der Waals surface area (Å²) in [5, 5.41) is 39.6. The predicted molar refractivity (Wildman–Crippen MR) is 103 cm³/mol. The molecule has 0 heterocycles. The number of hydrogen-bond acceptors (Lipinski definition) is 4. The fourth-order valence-electron chi connectivity index (χ4n) is 3.58. The van der Waals surface area contributed by atoms with Crippen LogP contribution in [-0.4, -0.2) is 44.2 Å². The molecule has 0 aromatic heterocycles. The molecule has 0 saturated heterocycles. The van der Waals surface area contributed by atoms with E-state index in [2.05, 4.69) is 6.92 Å². The quantitative estimate of drug-likeness (QED) is 0.312. The minimum absolute atomic E-state index is 0.0802. The Hall–Kier alpha value is -1.17. The lowest BCUT2D eigenvalue weighted by Crippen LogP contribution is -2.24. The molecule has 5 nitrogen and oxygen atoms in total. The number of carboxylic acids is 1. The van der Waals surface area contributed by atoms with Crippen LogP contribution in [0.5, 0.6) is 0 Å². The first kappa shape index (κ1) is 22.9. The first-order valence-electron chi connectivity index (χ1n) is 9.91. The van der Waals surface area contributed by atoms with Crippen molar-refractivity contribution in [3.63, 3.8) is 0 Å². The van der Waals surface area contributed by atoms with Crippen LogP contribution in [0.15, 0.2) is 24.3 Å². The Kier molecular flexibility index (Phi) is 10.1. The summed E-state index contributed by atoms with van der Waals surface area (Å²) in [4.78, 5) is 10.5. The second-order valence-corrected chi connectivity index (χ2v) is 7.78. The van der Waals surface area contributed by atoms with Crippen LogP contribution in [0.25, 0.3) is 0 Å². The van der Waals surface area contributed by atoms with E-state index in [9.17, 15) is 20.1 Å². The number of aliphatic hydroxyl groups is 3. The van der Waals surface area contributed by atoms with Gasteiger partial charge in [0.05, 0.1) is 17.8 Å². The molecule has 1 aliphatic rings. The zero-order chi connectivity index (χ0) is 19.6. The molecule has 26 heavy (non-hydrogen) atoms. The number of aliphatic hydroxyl groups excluding tert-OH is 2. The van der Waals surface area contributed by atoms with Crippen molar-refractivity contribution in [1.29, 1.82) is 0 Å². The smallest absolute Gasteiger partial charge is 0.303 e. The molecule has 5 heteroatoms. The van der Waals surface area contributed by atoms with Crippen molar-refractivity contribution < 1.29 is 25.2 Å². The summed E-state index contributed by atoms with van der Waals surface area (Å²) in [5.41, 5.74) is -0.889. The number of allylic oxidation sites excluding steroid dienone is 2. The molecule has 5 atom stereocenters. The highest BCUT2D eigenvalue weighted by atomic mass is 16.4. The molecule has 0 aromatic carbocycles. The van der Waals surface area contributed by atoms with Crippen LogP contribution in [0, 0.1) is 11.8 Å². The van der Waals surface area contributed by atoms with Gasteiger partial charge in [0, 0.05) is 18.8 Å². The molecule has 1 saturated carbocycles. The zero-order valence-corrected chi connectivity index (χ0v) is 16.2. The van der Waals surface area contributed by atoms with Gasteiger partial charge in [-0.15, -0.1) is 0 Å². The Bertz CT molecular complexity index is 469. The van der Waals surface area contributed by atoms with Crippen molar-refractivity contribution in [3.05, 3.63) is 24.3 Å². The van der Waals surface area contributed by atoms with E-state index in [1.54, 1.807) is 13.0 Å². The lowest BCUT2D eigenvalue weighted by atomic mass is 9.88. The molecule has 1 fully saturated rings. The Morgan fingerprint density at radius 3 is 2.54 bits per heavy atom. The SMILES string of the molecule is CCCCC[C@](C)(O)C=CC1C(O)CC(O)C1CC=CCCCC(=O)O. The van der Waals surface area contributed by atoms with Gasteiger partial charge in [-0.05, 0) is 38.5 Å². The lowest BCUT2D eigenvalue weighted by Gasteiger charge is -2.23. The summed E-state index contributed by atoms with van der Waals surface area (Å²) in [6.07, 6.45) is 12.7. The molecule has 0 aromatic rings. The minimum atomic E-state index is -0.889. The largest absolute Gasteiger partial charge is 0.481 e. The Labute approximate surface area is 157 Å². The third-order valence-corrected chi connectivity index (χ3v) is 5.22. The zero-order valence-electron chi connectivity index (χ0n) is 16.2. The number of unbranched alkanes of at least 4 members (excludes halogenated alkanes) is 3. The van der Waals surface area contributed by atoms with Gasteiger partial charge in [0.1, 0.15) is 0 Å². The van der Waals surface area contributed by atoms with Gasteiger partial charge in [0.2, 0.25) is 0 Å². The van der Waals surface area contributed by atoms with E-state index in [-0.39, 0.29) is 18.3 Å². The number of aliphatic carboxylic acids is 1. The highest BCUT2D eigenvalue weighted by Gasteiger charge is 2.39. The first-order chi connectivity index (χ1) is 12.3. The van der Waals surface area contributed by atoms with Gasteiger partial charge in [-0.2, -0.15) is 0 Å². The molecule has 1 rings (SSSR count). The van der Waals surface area contributed by atoms with Crippen LogP contribution in [-0.2, 0) is 4.79 Å². The Morgan fingerprint density at radius 1 is 1.15 bits per heavy atom. The van der Waals surface area contributed by atoms with Crippen molar-refractivity contribution in [2.24, 2.45) is 11.8 Å². The van der Waals surface area contributed by atoms with Gasteiger partial charge in [0.25, 0.3) is 0 Å². The fraction of sp³-hybridized carbons (Fsp3) is 0.762. The van der Waals surface area contributed by atoms with E-state index in [0.717, 1.165) is 19.3 Å². The van der Waals surface area contributed by atoms with Crippen molar-refractivity contribution in [2.75, 3.05) is 0 Å². The molecule has 150 valence electrons. The third kappa shape index (κ3) is 8.47. The highest BCUT2D eigenvalue weighted by Crippen LogP contribution is 2.37. The molecule has 4 unspecified atom stereocenters. The molecule has 1 aliphatic carbocycles. The van der Waals surface area contributed by atoms with Gasteiger partial charge < -0.3 is 20.4 Å². The summed E-state index contributed by atoms with van der Waals surface area (Å²) in [7, 11) is 0. The van der Waals surface area contributed by atoms with E-state index in [0.29, 0.717) is 32.1 Å². The van der Waals surface area contributed by atoms with E-state index in [1.165, 1.54) is 0 Å². The molecule has 0 spiro atoms.